The van der Waals surface area contributed by atoms with Gasteiger partial charge in [-0.15, -0.1) is 0 Å². The Balaban J connectivity index is 1.64. The van der Waals surface area contributed by atoms with E-state index in [0.29, 0.717) is 29.1 Å². The lowest BCUT2D eigenvalue weighted by atomic mass is 9.93. The molecule has 216 valence electrons. The van der Waals surface area contributed by atoms with E-state index >= 15 is 0 Å². The first-order valence-corrected chi connectivity index (χ1v) is 15.1. The number of carbonyl (C=O) groups excluding carboxylic acids is 2. The van der Waals surface area contributed by atoms with Crippen LogP contribution in [0.1, 0.15) is 73.9 Å². The number of rotatable bonds is 8. The van der Waals surface area contributed by atoms with Gasteiger partial charge in [0.15, 0.2) is 0 Å². The number of nitrogens with one attached hydrogen (secondary N) is 1. The Morgan fingerprint density at radius 3 is 2.73 bits per heavy atom. The maximum atomic E-state index is 13.9. The van der Waals surface area contributed by atoms with Crippen molar-refractivity contribution in [2.24, 2.45) is 5.92 Å². The van der Waals surface area contributed by atoms with E-state index in [2.05, 4.69) is 32.2 Å². The first kappa shape index (κ1) is 30.8. The minimum absolute atomic E-state index is 0.0656. The van der Waals surface area contributed by atoms with Gasteiger partial charge in [-0.3, -0.25) is 9.59 Å². The predicted molar refractivity (Wildman–Crippen MR) is 166 cm³/mol. The van der Waals surface area contributed by atoms with Crippen LogP contribution < -0.4 is 10.2 Å². The van der Waals surface area contributed by atoms with E-state index in [0.717, 1.165) is 46.2 Å². The topological polar surface area (TPSA) is 95.3 Å². The summed E-state index contributed by atoms with van der Waals surface area (Å²) >= 11 is 10.1. The molecule has 0 saturated carbocycles. The molecule has 3 aromatic rings. The maximum Gasteiger partial charge on any atom is 0.306 e. The Morgan fingerprint density at radius 1 is 1.27 bits per heavy atom. The van der Waals surface area contributed by atoms with E-state index in [1.807, 2.05) is 70.2 Å². The number of hydrogen-bond acceptors (Lipinski definition) is 6. The van der Waals surface area contributed by atoms with Gasteiger partial charge in [0.1, 0.15) is 11.4 Å². The van der Waals surface area contributed by atoms with Crippen molar-refractivity contribution in [2.75, 3.05) is 24.5 Å². The highest BCUT2D eigenvalue weighted by Crippen LogP contribution is 2.33. The second-order valence-corrected chi connectivity index (χ2v) is 12.9. The van der Waals surface area contributed by atoms with Crippen LogP contribution in [0.3, 0.4) is 0 Å². The number of aromatic nitrogens is 1. The molecule has 2 atom stereocenters. The standard InChI is InChI=1S/C32H36BrClN4O3/c1-20-29(25-16-23(33)12-13-27(25)37-30(20)38-15-7-8-21(17-35)19-38)31(40)36-18-22(24-9-5-6-10-26(24)34)11-14-28(39)41-32(2,3)4/h5-6,9-10,12-13,16,21-22H,7-8,11,14-15,18-19H2,1-4H3,(H,36,40). The van der Waals surface area contributed by atoms with Gasteiger partial charge in [-0.2, -0.15) is 5.26 Å². The van der Waals surface area contributed by atoms with Gasteiger partial charge < -0.3 is 15.0 Å². The minimum atomic E-state index is -0.571. The second-order valence-electron chi connectivity index (χ2n) is 11.6. The third-order valence-electron chi connectivity index (χ3n) is 7.27. The molecule has 0 radical (unpaired) electrons. The Kier molecular flexibility index (Phi) is 9.93. The Labute approximate surface area is 255 Å². The van der Waals surface area contributed by atoms with Crippen LogP contribution >= 0.6 is 27.5 Å². The number of amides is 1. The van der Waals surface area contributed by atoms with Crippen molar-refractivity contribution < 1.29 is 14.3 Å². The highest BCUT2D eigenvalue weighted by Gasteiger charge is 2.27. The Morgan fingerprint density at radius 2 is 2.02 bits per heavy atom. The molecule has 1 saturated heterocycles. The molecule has 1 aliphatic rings. The molecular weight excluding hydrogens is 604 g/mol. The molecule has 1 aliphatic heterocycles. The number of anilines is 1. The number of fused-ring (bicyclic) bond motifs is 1. The van der Waals surface area contributed by atoms with E-state index in [-0.39, 0.29) is 36.7 Å². The summed E-state index contributed by atoms with van der Waals surface area (Å²) in [6, 6.07) is 15.6. The number of benzene rings is 2. The van der Waals surface area contributed by atoms with E-state index in [4.69, 9.17) is 21.3 Å². The average molecular weight is 640 g/mol. The van der Waals surface area contributed by atoms with E-state index < -0.39 is 5.60 Å². The number of nitrogens with zero attached hydrogens (tertiary/aromatic N) is 3. The lowest BCUT2D eigenvalue weighted by Gasteiger charge is -2.32. The van der Waals surface area contributed by atoms with E-state index in [1.54, 1.807) is 0 Å². The van der Waals surface area contributed by atoms with Gasteiger partial charge in [0.2, 0.25) is 0 Å². The fourth-order valence-electron chi connectivity index (χ4n) is 5.36. The average Bonchev–Trinajstić information content (AvgIpc) is 2.92. The molecule has 0 aliphatic carbocycles. The number of piperidine rings is 1. The summed E-state index contributed by atoms with van der Waals surface area (Å²) in [7, 11) is 0. The molecule has 1 aromatic heterocycles. The first-order chi connectivity index (χ1) is 19.5. The third-order valence-corrected chi connectivity index (χ3v) is 8.10. The van der Waals surface area contributed by atoms with Gasteiger partial charge in [-0.05, 0) is 76.8 Å². The van der Waals surface area contributed by atoms with Gasteiger partial charge in [-0.1, -0.05) is 45.7 Å². The quantitative estimate of drug-likeness (QED) is 0.259. The third kappa shape index (κ3) is 7.78. The van der Waals surface area contributed by atoms with E-state index in [1.165, 1.54) is 0 Å². The normalized spacial score (nSPS) is 16.2. The zero-order chi connectivity index (χ0) is 29.7. The number of hydrogen-bond donors (Lipinski definition) is 1. The van der Waals surface area contributed by atoms with Crippen LogP contribution in [0.15, 0.2) is 46.9 Å². The zero-order valence-corrected chi connectivity index (χ0v) is 26.3. The summed E-state index contributed by atoms with van der Waals surface area (Å²) in [6.07, 6.45) is 2.44. The second kappa shape index (κ2) is 13.2. The van der Waals surface area contributed by atoms with Gasteiger partial charge >= 0.3 is 5.97 Å². The highest BCUT2D eigenvalue weighted by atomic mass is 79.9. The molecule has 1 fully saturated rings. The number of nitriles is 1. The van der Waals surface area contributed by atoms with Gasteiger partial charge in [-0.25, -0.2) is 4.98 Å². The first-order valence-electron chi connectivity index (χ1n) is 14.0. The van der Waals surface area contributed by atoms with Crippen molar-refractivity contribution in [1.82, 2.24) is 10.3 Å². The summed E-state index contributed by atoms with van der Waals surface area (Å²) in [5.41, 5.74) is 2.34. The molecule has 41 heavy (non-hydrogen) atoms. The number of ether oxygens (including phenoxy) is 1. The van der Waals surface area contributed by atoms with Crippen LogP contribution in [0, 0.1) is 24.2 Å². The molecule has 1 amide bonds. The molecule has 7 nitrogen and oxygen atoms in total. The summed E-state index contributed by atoms with van der Waals surface area (Å²) in [5, 5.41) is 14.0. The molecule has 2 unspecified atom stereocenters. The fourth-order valence-corrected chi connectivity index (χ4v) is 6.01. The maximum absolute atomic E-state index is 13.9. The lowest BCUT2D eigenvalue weighted by Crippen LogP contribution is -2.36. The minimum Gasteiger partial charge on any atom is -0.460 e. The Bertz CT molecular complexity index is 1480. The van der Waals surface area contributed by atoms with Crippen molar-refractivity contribution >= 4 is 56.1 Å². The molecule has 2 aromatic carbocycles. The van der Waals surface area contributed by atoms with E-state index in [9.17, 15) is 14.9 Å². The largest absolute Gasteiger partial charge is 0.460 e. The number of pyridine rings is 1. The lowest BCUT2D eigenvalue weighted by molar-refractivity contribution is -0.155. The van der Waals surface area contributed by atoms with Crippen LogP contribution in [0.25, 0.3) is 10.9 Å². The SMILES string of the molecule is Cc1c(N2CCCC(C#N)C2)nc2ccc(Br)cc2c1C(=O)NCC(CCC(=O)OC(C)(C)C)c1ccccc1Cl. The van der Waals surface area contributed by atoms with Crippen molar-refractivity contribution in [1.29, 1.82) is 5.26 Å². The van der Waals surface area contributed by atoms with Crippen molar-refractivity contribution in [3.05, 3.63) is 68.7 Å². The van der Waals surface area contributed by atoms with Crippen molar-refractivity contribution in [3.8, 4) is 6.07 Å². The predicted octanol–water partition coefficient (Wildman–Crippen LogP) is 7.33. The van der Waals surface area contributed by atoms with Crippen molar-refractivity contribution in [2.45, 2.75) is 64.9 Å². The van der Waals surface area contributed by atoms with Crippen LogP contribution in [0.4, 0.5) is 5.82 Å². The molecule has 0 spiro atoms. The van der Waals surface area contributed by atoms with Gasteiger partial charge in [0.05, 0.1) is 23.1 Å². The van der Waals surface area contributed by atoms with Crippen LogP contribution in [-0.2, 0) is 9.53 Å². The Hall–Kier alpha value is -3.15. The molecular formula is C32H36BrClN4O3. The fraction of sp³-hybridized carbons (Fsp3) is 0.438. The smallest absolute Gasteiger partial charge is 0.306 e. The molecule has 1 N–H and O–H groups in total. The summed E-state index contributed by atoms with van der Waals surface area (Å²) in [6.45, 7) is 9.11. The van der Waals surface area contributed by atoms with Crippen LogP contribution in [-0.4, -0.2) is 42.1 Å². The molecule has 9 heteroatoms. The van der Waals surface area contributed by atoms with Gasteiger partial charge in [0.25, 0.3) is 5.91 Å². The summed E-state index contributed by atoms with van der Waals surface area (Å²) in [4.78, 5) is 33.5. The molecule has 0 bridgehead atoms. The van der Waals surface area contributed by atoms with Gasteiger partial charge in [0, 0.05) is 52.4 Å². The van der Waals surface area contributed by atoms with Crippen LogP contribution in [0.2, 0.25) is 5.02 Å². The highest BCUT2D eigenvalue weighted by molar-refractivity contribution is 9.10. The number of carbonyl (C=O) groups is 2. The number of halogens is 2. The monoisotopic (exact) mass is 638 g/mol. The molecule has 2 heterocycles. The van der Waals surface area contributed by atoms with Crippen molar-refractivity contribution in [3.63, 3.8) is 0 Å². The zero-order valence-electron chi connectivity index (χ0n) is 24.0. The van der Waals surface area contributed by atoms with Crippen LogP contribution in [0.5, 0.6) is 0 Å². The molecule has 4 rings (SSSR count). The summed E-state index contributed by atoms with van der Waals surface area (Å²) < 4.78 is 6.36. The number of esters is 1. The summed E-state index contributed by atoms with van der Waals surface area (Å²) in [5.74, 6) is -0.0408.